The first-order chi connectivity index (χ1) is 22.2. The number of carbonyl (C=O) groups is 2. The molecule has 3 aromatic carbocycles. The zero-order chi connectivity index (χ0) is 32.6. The summed E-state index contributed by atoms with van der Waals surface area (Å²) in [6.45, 7) is 6.77. The van der Waals surface area contributed by atoms with Crippen LogP contribution in [0.25, 0.3) is 0 Å². The van der Waals surface area contributed by atoms with Gasteiger partial charge in [-0.25, -0.2) is 9.18 Å². The first kappa shape index (κ1) is 32.8. The minimum atomic E-state index is -0.463. The van der Waals surface area contributed by atoms with Crippen molar-refractivity contribution in [2.45, 2.75) is 50.3 Å². The van der Waals surface area contributed by atoms with Crippen LogP contribution in [0.4, 0.5) is 14.9 Å². The number of amides is 2. The van der Waals surface area contributed by atoms with Gasteiger partial charge in [0.15, 0.2) is 0 Å². The highest BCUT2D eigenvalue weighted by Gasteiger charge is 2.40. The van der Waals surface area contributed by atoms with Crippen LogP contribution in [0, 0.1) is 21.8 Å². The van der Waals surface area contributed by atoms with Gasteiger partial charge in [-0.05, 0) is 79.0 Å². The zero-order valence-electron chi connectivity index (χ0n) is 26.2. The van der Waals surface area contributed by atoms with Gasteiger partial charge in [0.2, 0.25) is 0 Å². The maximum atomic E-state index is 13.9. The average Bonchev–Trinajstić information content (AvgIpc) is 3.50. The standard InChI is InChI=1S/C36H41FN4O5/c1-3-18-40(36(43)46-25-26-12-14-32(15-13-26)41(44)45)31-16-19-39(20-17-31)24-29-22-33(23-34(29)27-8-5-4-6-9-27)38(2)35(42)28-10-7-11-30(37)21-28/h3-15,21,29,31,33-34H,1,16-20,22-25H2,2H3. The fraction of sp³-hybridized carbons (Fsp3) is 0.389. The van der Waals surface area contributed by atoms with Crippen LogP contribution in [-0.2, 0) is 11.3 Å². The molecular weight excluding hydrogens is 587 g/mol. The normalized spacial score (nSPS) is 20.2. The number of ether oxygens (including phenoxy) is 1. The van der Waals surface area contributed by atoms with E-state index < -0.39 is 16.8 Å². The molecule has 3 aromatic rings. The molecule has 1 saturated heterocycles. The number of hydrogen-bond donors (Lipinski definition) is 0. The number of rotatable bonds is 11. The molecule has 1 heterocycles. The van der Waals surface area contributed by atoms with Crippen LogP contribution in [0.1, 0.15) is 53.1 Å². The first-order valence-corrected chi connectivity index (χ1v) is 15.8. The van der Waals surface area contributed by atoms with Crippen LogP contribution < -0.4 is 0 Å². The van der Waals surface area contributed by atoms with E-state index in [2.05, 4.69) is 35.7 Å². The van der Waals surface area contributed by atoms with Gasteiger partial charge >= 0.3 is 6.09 Å². The number of carbonyl (C=O) groups excluding carboxylic acids is 2. The Morgan fingerprint density at radius 3 is 2.39 bits per heavy atom. The summed E-state index contributed by atoms with van der Waals surface area (Å²) < 4.78 is 19.4. The largest absolute Gasteiger partial charge is 0.445 e. The number of nitro groups is 1. The summed E-state index contributed by atoms with van der Waals surface area (Å²) in [5, 5.41) is 10.9. The average molecular weight is 629 g/mol. The number of hydrogen-bond acceptors (Lipinski definition) is 6. The van der Waals surface area contributed by atoms with Crippen molar-refractivity contribution in [2.75, 3.05) is 33.2 Å². The second-order valence-corrected chi connectivity index (χ2v) is 12.3. The minimum Gasteiger partial charge on any atom is -0.445 e. The number of non-ortho nitro benzene ring substituents is 1. The molecule has 46 heavy (non-hydrogen) atoms. The van der Waals surface area contributed by atoms with Crippen LogP contribution in [0.5, 0.6) is 0 Å². The van der Waals surface area contributed by atoms with E-state index in [9.17, 15) is 24.1 Å². The molecule has 0 aromatic heterocycles. The second-order valence-electron chi connectivity index (χ2n) is 12.3. The summed E-state index contributed by atoms with van der Waals surface area (Å²) in [5.41, 5.74) is 2.30. The first-order valence-electron chi connectivity index (χ1n) is 15.8. The van der Waals surface area contributed by atoms with Crippen molar-refractivity contribution in [2.24, 2.45) is 5.92 Å². The highest BCUT2D eigenvalue weighted by atomic mass is 19.1. The molecule has 1 aliphatic heterocycles. The summed E-state index contributed by atoms with van der Waals surface area (Å²) in [4.78, 5) is 42.8. The monoisotopic (exact) mass is 628 g/mol. The van der Waals surface area contributed by atoms with Gasteiger partial charge in [-0.1, -0.05) is 42.5 Å². The lowest BCUT2D eigenvalue weighted by Crippen LogP contribution is -2.48. The van der Waals surface area contributed by atoms with Crippen LogP contribution in [0.2, 0.25) is 0 Å². The van der Waals surface area contributed by atoms with Gasteiger partial charge in [0.05, 0.1) is 4.92 Å². The predicted molar refractivity (Wildman–Crippen MR) is 174 cm³/mol. The van der Waals surface area contributed by atoms with Crippen LogP contribution in [0.15, 0.2) is 91.5 Å². The Bertz CT molecular complexity index is 1510. The van der Waals surface area contributed by atoms with Crippen molar-refractivity contribution in [3.8, 4) is 0 Å². The van der Waals surface area contributed by atoms with Gasteiger partial charge < -0.3 is 19.4 Å². The van der Waals surface area contributed by atoms with Crippen molar-refractivity contribution in [1.29, 1.82) is 0 Å². The molecule has 0 radical (unpaired) electrons. The number of halogens is 1. The lowest BCUT2D eigenvalue weighted by molar-refractivity contribution is -0.384. The van der Waals surface area contributed by atoms with E-state index in [0.29, 0.717) is 29.5 Å². The Labute approximate surface area is 269 Å². The zero-order valence-corrected chi connectivity index (χ0v) is 26.2. The highest BCUT2D eigenvalue weighted by Crippen LogP contribution is 2.42. The van der Waals surface area contributed by atoms with Crippen molar-refractivity contribution >= 4 is 17.7 Å². The van der Waals surface area contributed by atoms with Crippen LogP contribution in [-0.4, -0.2) is 76.9 Å². The van der Waals surface area contributed by atoms with Gasteiger partial charge in [0, 0.05) is 63.0 Å². The van der Waals surface area contributed by atoms with Crippen LogP contribution >= 0.6 is 0 Å². The lowest BCUT2D eigenvalue weighted by Gasteiger charge is -2.39. The summed E-state index contributed by atoms with van der Waals surface area (Å²) in [6.07, 6.45) is 4.57. The lowest BCUT2D eigenvalue weighted by atomic mass is 9.88. The Hall–Kier alpha value is -4.57. The predicted octanol–water partition coefficient (Wildman–Crippen LogP) is 6.66. The van der Waals surface area contributed by atoms with Crippen molar-refractivity contribution < 1.29 is 23.6 Å². The van der Waals surface area contributed by atoms with E-state index in [0.717, 1.165) is 45.3 Å². The quantitative estimate of drug-likeness (QED) is 0.134. The molecule has 3 unspecified atom stereocenters. The van der Waals surface area contributed by atoms with Crippen molar-refractivity contribution in [1.82, 2.24) is 14.7 Å². The SMILES string of the molecule is C=CCN(C(=O)OCc1ccc([N+](=O)[O-])cc1)C1CCN(CC2CC(N(C)C(=O)c3cccc(F)c3)CC2c2ccccc2)CC1. The molecule has 0 spiro atoms. The van der Waals surface area contributed by atoms with E-state index in [1.807, 2.05) is 13.1 Å². The molecule has 1 aliphatic carbocycles. The van der Waals surface area contributed by atoms with E-state index >= 15 is 0 Å². The topological polar surface area (TPSA) is 96.2 Å². The fourth-order valence-corrected chi connectivity index (χ4v) is 6.91. The molecule has 0 bridgehead atoms. The van der Waals surface area contributed by atoms with Crippen molar-refractivity contribution in [3.63, 3.8) is 0 Å². The molecule has 10 heteroatoms. The summed E-state index contributed by atoms with van der Waals surface area (Å²) >= 11 is 0. The van der Waals surface area contributed by atoms with Gasteiger partial charge in [-0.15, -0.1) is 6.58 Å². The van der Waals surface area contributed by atoms with E-state index in [1.54, 1.807) is 40.1 Å². The Morgan fingerprint density at radius 1 is 1.02 bits per heavy atom. The number of nitrogens with zero attached hydrogens (tertiary/aromatic N) is 4. The smallest absolute Gasteiger partial charge is 0.410 e. The molecule has 0 N–H and O–H groups in total. The van der Waals surface area contributed by atoms with E-state index in [4.69, 9.17) is 4.74 Å². The molecule has 9 nitrogen and oxygen atoms in total. The Kier molecular flexibility index (Phi) is 10.8. The Morgan fingerprint density at radius 2 is 1.74 bits per heavy atom. The third-order valence-electron chi connectivity index (χ3n) is 9.40. The molecule has 5 rings (SSSR count). The third-order valence-corrected chi connectivity index (χ3v) is 9.40. The molecule has 2 aliphatic rings. The second kappa shape index (κ2) is 15.1. The number of likely N-dealkylation sites (tertiary alicyclic amines) is 1. The van der Waals surface area contributed by atoms with Crippen LogP contribution in [0.3, 0.4) is 0 Å². The number of piperidine rings is 1. The van der Waals surface area contributed by atoms with Crippen molar-refractivity contribution in [3.05, 3.63) is 124 Å². The molecule has 3 atom stereocenters. The maximum Gasteiger partial charge on any atom is 0.410 e. The van der Waals surface area contributed by atoms with Gasteiger partial charge in [0.1, 0.15) is 12.4 Å². The molecular formula is C36H41FN4O5. The Balaban J connectivity index is 1.19. The highest BCUT2D eigenvalue weighted by molar-refractivity contribution is 5.94. The third kappa shape index (κ3) is 7.98. The summed E-state index contributed by atoms with van der Waals surface area (Å²) in [6, 6.07) is 22.4. The van der Waals surface area contributed by atoms with E-state index in [1.165, 1.54) is 29.8 Å². The molecule has 2 fully saturated rings. The maximum absolute atomic E-state index is 13.9. The number of nitro benzene ring substituents is 1. The minimum absolute atomic E-state index is 0.00915. The molecule has 242 valence electrons. The molecule has 1 saturated carbocycles. The summed E-state index contributed by atoms with van der Waals surface area (Å²) in [5.74, 6) is 0.0417. The summed E-state index contributed by atoms with van der Waals surface area (Å²) in [7, 11) is 1.82. The van der Waals surface area contributed by atoms with Gasteiger partial charge in [-0.3, -0.25) is 14.9 Å². The van der Waals surface area contributed by atoms with Gasteiger partial charge in [-0.2, -0.15) is 0 Å². The van der Waals surface area contributed by atoms with Gasteiger partial charge in [0.25, 0.3) is 11.6 Å². The van der Waals surface area contributed by atoms with E-state index in [-0.39, 0.29) is 30.3 Å². The molecule has 2 amide bonds. The fourth-order valence-electron chi connectivity index (χ4n) is 6.91. The number of benzene rings is 3.